The summed E-state index contributed by atoms with van der Waals surface area (Å²) >= 11 is 0. The van der Waals surface area contributed by atoms with Crippen molar-refractivity contribution < 1.29 is 4.42 Å². The molecule has 0 saturated heterocycles. The summed E-state index contributed by atoms with van der Waals surface area (Å²) in [6.07, 6.45) is 0. The van der Waals surface area contributed by atoms with Gasteiger partial charge in [-0.05, 0) is 92.5 Å². The summed E-state index contributed by atoms with van der Waals surface area (Å²) in [6.45, 7) is 0.728. The predicted molar refractivity (Wildman–Crippen MR) is 203 cm³/mol. The van der Waals surface area contributed by atoms with E-state index in [1.165, 1.54) is 44.0 Å². The van der Waals surface area contributed by atoms with Crippen molar-refractivity contribution in [3.05, 3.63) is 175 Å². The molecule has 1 aromatic heterocycles. The number of furan rings is 1. The first-order valence-corrected chi connectivity index (χ1v) is 16.3. The van der Waals surface area contributed by atoms with Gasteiger partial charge in [0.05, 0.1) is 11.4 Å². The van der Waals surface area contributed by atoms with Crippen LogP contribution in [0.2, 0.25) is 0 Å². The molecule has 228 valence electrons. The third-order valence-electron chi connectivity index (χ3n) is 9.46. The second kappa shape index (κ2) is 11.5. The fourth-order valence-corrected chi connectivity index (χ4v) is 7.03. The number of fused-ring (bicyclic) bond motifs is 6. The van der Waals surface area contributed by atoms with Crippen LogP contribution in [0.1, 0.15) is 5.56 Å². The lowest BCUT2D eigenvalue weighted by atomic mass is 9.93. The molecule has 0 aliphatic rings. The molecule has 3 heteroatoms. The molecule has 0 fully saturated rings. The highest BCUT2D eigenvalue weighted by atomic mass is 16.3. The molecule has 0 bridgehead atoms. The largest absolute Gasteiger partial charge is 0.455 e. The molecule has 2 N–H and O–H groups in total. The number of para-hydroxylation sites is 3. The zero-order valence-electron chi connectivity index (χ0n) is 26.3. The Balaban J connectivity index is 1.07. The minimum atomic E-state index is 0.728. The van der Waals surface area contributed by atoms with Crippen LogP contribution in [0.5, 0.6) is 0 Å². The van der Waals surface area contributed by atoms with Gasteiger partial charge < -0.3 is 15.1 Å². The maximum Gasteiger partial charge on any atom is 0.143 e. The Kier molecular flexibility index (Phi) is 6.69. The van der Waals surface area contributed by atoms with Crippen LogP contribution in [-0.4, -0.2) is 0 Å². The second-order valence-electron chi connectivity index (χ2n) is 12.4. The molecule has 0 atom stereocenters. The van der Waals surface area contributed by atoms with Crippen molar-refractivity contribution in [2.24, 2.45) is 0 Å². The molecule has 9 aromatic rings. The van der Waals surface area contributed by atoms with Crippen LogP contribution in [0.15, 0.2) is 174 Å². The summed E-state index contributed by atoms with van der Waals surface area (Å²) in [6, 6.07) is 60.1. The fraction of sp³-hybridized carbons (Fsp3) is 0.0222. The summed E-state index contributed by atoms with van der Waals surface area (Å²) in [5.41, 5.74) is 17.2. The van der Waals surface area contributed by atoms with Gasteiger partial charge in [0, 0.05) is 28.4 Å². The monoisotopic (exact) mass is 616 g/mol. The van der Waals surface area contributed by atoms with E-state index >= 15 is 0 Å². The summed E-state index contributed by atoms with van der Waals surface area (Å²) < 4.78 is 6.35. The van der Waals surface area contributed by atoms with E-state index in [2.05, 4.69) is 138 Å². The van der Waals surface area contributed by atoms with E-state index in [1.807, 2.05) is 36.4 Å². The molecule has 8 aromatic carbocycles. The number of nitrogens with two attached hydrogens (primary N) is 1. The van der Waals surface area contributed by atoms with Gasteiger partial charge in [0.1, 0.15) is 11.2 Å². The lowest BCUT2D eigenvalue weighted by molar-refractivity contribution is 0.672. The highest BCUT2D eigenvalue weighted by Crippen LogP contribution is 2.41. The number of hydrogen-bond acceptors (Lipinski definition) is 3. The van der Waals surface area contributed by atoms with Gasteiger partial charge in [0.15, 0.2) is 0 Å². The van der Waals surface area contributed by atoms with Crippen LogP contribution < -0.4 is 10.6 Å². The number of anilines is 3. The highest BCUT2D eigenvalue weighted by molar-refractivity contribution is 6.19. The zero-order chi connectivity index (χ0) is 32.0. The Hall–Kier alpha value is -6.32. The van der Waals surface area contributed by atoms with Crippen LogP contribution in [0, 0.1) is 0 Å². The topological polar surface area (TPSA) is 42.4 Å². The third-order valence-corrected chi connectivity index (χ3v) is 9.46. The Morgan fingerprint density at radius 2 is 1.10 bits per heavy atom. The highest BCUT2D eigenvalue weighted by Gasteiger charge is 2.16. The first kappa shape index (κ1) is 27.9. The molecule has 0 amide bonds. The van der Waals surface area contributed by atoms with Crippen molar-refractivity contribution in [1.29, 1.82) is 0 Å². The average molecular weight is 617 g/mol. The van der Waals surface area contributed by atoms with Crippen LogP contribution in [0.25, 0.3) is 65.7 Å². The fourth-order valence-electron chi connectivity index (χ4n) is 7.03. The van der Waals surface area contributed by atoms with E-state index in [0.717, 1.165) is 50.9 Å². The molecule has 48 heavy (non-hydrogen) atoms. The van der Waals surface area contributed by atoms with E-state index in [9.17, 15) is 0 Å². The average Bonchev–Trinajstić information content (AvgIpc) is 3.53. The van der Waals surface area contributed by atoms with Crippen LogP contribution in [-0.2, 0) is 6.54 Å². The maximum atomic E-state index is 6.46. The molecule has 0 unspecified atom stereocenters. The summed E-state index contributed by atoms with van der Waals surface area (Å²) in [7, 11) is 0. The van der Waals surface area contributed by atoms with E-state index in [-0.39, 0.29) is 0 Å². The van der Waals surface area contributed by atoms with E-state index in [4.69, 9.17) is 10.2 Å². The van der Waals surface area contributed by atoms with Crippen molar-refractivity contribution in [2.45, 2.75) is 6.54 Å². The second-order valence-corrected chi connectivity index (χ2v) is 12.4. The van der Waals surface area contributed by atoms with Crippen LogP contribution in [0.4, 0.5) is 17.1 Å². The van der Waals surface area contributed by atoms with Gasteiger partial charge in [-0.2, -0.15) is 0 Å². The molecule has 0 aliphatic carbocycles. The Labute approximate surface area is 279 Å². The standard InChI is InChI=1S/C45H32N2O/c46-42-15-7-8-16-43(42)47(29-30-10-2-1-3-11-30)36-24-22-31(23-25-36)32-18-19-34-27-35(21-20-33(34)26-32)40-28-41-38-13-6-9-17-44(38)48-45(41)39-14-5-4-12-37(39)40/h1-28H,29,46H2. The lowest BCUT2D eigenvalue weighted by Crippen LogP contribution is -2.17. The summed E-state index contributed by atoms with van der Waals surface area (Å²) in [5.74, 6) is 0. The van der Waals surface area contributed by atoms with Gasteiger partial charge in [-0.15, -0.1) is 0 Å². The molecule has 3 nitrogen and oxygen atoms in total. The van der Waals surface area contributed by atoms with E-state index in [1.54, 1.807) is 0 Å². The first-order chi connectivity index (χ1) is 23.7. The van der Waals surface area contributed by atoms with Crippen molar-refractivity contribution in [3.8, 4) is 22.3 Å². The Bertz CT molecular complexity index is 2600. The molecule has 0 spiro atoms. The van der Waals surface area contributed by atoms with Crippen molar-refractivity contribution in [2.75, 3.05) is 10.6 Å². The first-order valence-electron chi connectivity index (χ1n) is 16.3. The quantitative estimate of drug-likeness (QED) is 0.189. The van der Waals surface area contributed by atoms with Gasteiger partial charge in [0.25, 0.3) is 0 Å². The van der Waals surface area contributed by atoms with Crippen molar-refractivity contribution in [3.63, 3.8) is 0 Å². The number of nitrogen functional groups attached to an aromatic ring is 1. The smallest absolute Gasteiger partial charge is 0.143 e. The number of hydrogen-bond donors (Lipinski definition) is 1. The normalized spacial score (nSPS) is 11.5. The maximum absolute atomic E-state index is 6.46. The van der Waals surface area contributed by atoms with Gasteiger partial charge in [-0.25, -0.2) is 0 Å². The SMILES string of the molecule is Nc1ccccc1N(Cc1ccccc1)c1ccc(-c2ccc3cc(-c4cc5c6ccccc6oc5c5ccccc45)ccc3c2)cc1. The number of nitrogens with zero attached hydrogens (tertiary/aromatic N) is 1. The lowest BCUT2D eigenvalue weighted by Gasteiger charge is -2.27. The summed E-state index contributed by atoms with van der Waals surface area (Å²) in [4.78, 5) is 2.28. The minimum Gasteiger partial charge on any atom is -0.455 e. The number of benzene rings is 8. The zero-order valence-corrected chi connectivity index (χ0v) is 26.3. The van der Waals surface area contributed by atoms with Crippen LogP contribution in [0.3, 0.4) is 0 Å². The van der Waals surface area contributed by atoms with Crippen molar-refractivity contribution in [1.82, 2.24) is 0 Å². The van der Waals surface area contributed by atoms with Crippen LogP contribution >= 0.6 is 0 Å². The third kappa shape index (κ3) is 4.85. The van der Waals surface area contributed by atoms with E-state index < -0.39 is 0 Å². The number of rotatable bonds is 6. The van der Waals surface area contributed by atoms with Crippen molar-refractivity contribution >= 4 is 60.5 Å². The molecular formula is C45H32N2O. The van der Waals surface area contributed by atoms with Gasteiger partial charge in [-0.1, -0.05) is 121 Å². The molecule has 0 aliphatic heterocycles. The van der Waals surface area contributed by atoms with E-state index in [0.29, 0.717) is 0 Å². The minimum absolute atomic E-state index is 0.728. The van der Waals surface area contributed by atoms with Gasteiger partial charge >= 0.3 is 0 Å². The molecule has 1 heterocycles. The van der Waals surface area contributed by atoms with Gasteiger partial charge in [0.2, 0.25) is 0 Å². The molecule has 0 saturated carbocycles. The molecular weight excluding hydrogens is 585 g/mol. The Morgan fingerprint density at radius 1 is 0.479 bits per heavy atom. The molecule has 0 radical (unpaired) electrons. The predicted octanol–water partition coefficient (Wildman–Crippen LogP) is 12.1. The summed E-state index contributed by atoms with van der Waals surface area (Å²) in [5, 5.41) is 7.04. The Morgan fingerprint density at radius 3 is 1.90 bits per heavy atom. The molecule has 9 rings (SSSR count). The van der Waals surface area contributed by atoms with Gasteiger partial charge in [-0.3, -0.25) is 0 Å².